The zero-order valence-electron chi connectivity index (χ0n) is 19.4. The van der Waals surface area contributed by atoms with Crippen molar-refractivity contribution >= 4 is 34.7 Å². The van der Waals surface area contributed by atoms with Crippen molar-refractivity contribution in [2.75, 3.05) is 4.90 Å². The molecule has 1 amide bonds. The van der Waals surface area contributed by atoms with Gasteiger partial charge in [0.15, 0.2) is 0 Å². The maximum absolute atomic E-state index is 13.3. The van der Waals surface area contributed by atoms with E-state index in [4.69, 9.17) is 16.3 Å². The molecule has 2 heterocycles. The Hall–Kier alpha value is -3.64. The van der Waals surface area contributed by atoms with Crippen LogP contribution in [0.2, 0.25) is 5.02 Å². The first kappa shape index (κ1) is 23.5. The van der Waals surface area contributed by atoms with Gasteiger partial charge < -0.3 is 9.84 Å². The first-order chi connectivity index (χ1) is 16.2. The molecule has 2 aromatic carbocycles. The highest BCUT2D eigenvalue weighted by Gasteiger charge is 2.48. The number of aryl methyl sites for hydroxylation is 2. The van der Waals surface area contributed by atoms with Crippen LogP contribution in [-0.2, 0) is 9.59 Å². The van der Waals surface area contributed by atoms with Gasteiger partial charge in [0.2, 0.25) is 0 Å². The van der Waals surface area contributed by atoms with E-state index in [1.165, 1.54) is 4.90 Å². The van der Waals surface area contributed by atoms with E-state index in [-0.39, 0.29) is 17.4 Å². The summed E-state index contributed by atoms with van der Waals surface area (Å²) in [6, 6.07) is 14.6. The fourth-order valence-electron chi connectivity index (χ4n) is 4.13. The molecule has 1 unspecified atom stereocenters. The Bertz CT molecular complexity index is 1300. The average molecular weight is 477 g/mol. The predicted molar refractivity (Wildman–Crippen MR) is 132 cm³/mol. The molecule has 7 heteroatoms. The topological polar surface area (TPSA) is 79.7 Å². The molecular formula is C27H25ClN2O4. The second-order valence-electron chi connectivity index (χ2n) is 8.50. The third-order valence-corrected chi connectivity index (χ3v) is 5.88. The summed E-state index contributed by atoms with van der Waals surface area (Å²) < 4.78 is 5.78. The van der Waals surface area contributed by atoms with Gasteiger partial charge in [0.25, 0.3) is 11.7 Å². The Balaban J connectivity index is 1.90. The molecule has 34 heavy (non-hydrogen) atoms. The van der Waals surface area contributed by atoms with E-state index in [2.05, 4.69) is 4.98 Å². The molecule has 1 aliphatic rings. The lowest BCUT2D eigenvalue weighted by Crippen LogP contribution is -2.30. The normalized spacial score (nSPS) is 17.5. The second-order valence-corrected chi connectivity index (χ2v) is 8.94. The van der Waals surface area contributed by atoms with Crippen molar-refractivity contribution in [2.24, 2.45) is 0 Å². The van der Waals surface area contributed by atoms with E-state index < -0.39 is 17.7 Å². The van der Waals surface area contributed by atoms with Crippen LogP contribution in [0, 0.1) is 13.8 Å². The monoisotopic (exact) mass is 476 g/mol. The summed E-state index contributed by atoms with van der Waals surface area (Å²) in [6.07, 6.45) is 1.59. The molecule has 4 rings (SSSR count). The number of ketones is 1. The first-order valence-electron chi connectivity index (χ1n) is 10.9. The number of aromatic nitrogens is 1. The summed E-state index contributed by atoms with van der Waals surface area (Å²) in [7, 11) is 0. The molecule has 1 atom stereocenters. The molecule has 1 fully saturated rings. The van der Waals surface area contributed by atoms with Crippen LogP contribution in [-0.4, -0.2) is 27.9 Å². The first-order valence-corrected chi connectivity index (χ1v) is 11.3. The van der Waals surface area contributed by atoms with Crippen LogP contribution < -0.4 is 9.64 Å². The molecule has 0 radical (unpaired) electrons. The van der Waals surface area contributed by atoms with Crippen LogP contribution in [0.4, 0.5) is 5.69 Å². The summed E-state index contributed by atoms with van der Waals surface area (Å²) in [6.45, 7) is 7.54. The van der Waals surface area contributed by atoms with Crippen molar-refractivity contribution in [2.45, 2.75) is 39.8 Å². The zero-order valence-corrected chi connectivity index (χ0v) is 20.1. The SMILES string of the molecule is Cc1cc(/C(O)=C2\C(=O)C(=O)N(c3ccc(Cl)cc3C)C2c2ccccn2)ccc1OC(C)C. The highest BCUT2D eigenvalue weighted by molar-refractivity contribution is 6.51. The number of carbonyl (C=O) groups is 2. The number of carbonyl (C=O) groups excluding carboxylic acids is 2. The van der Waals surface area contributed by atoms with Gasteiger partial charge in [-0.1, -0.05) is 17.7 Å². The number of aliphatic hydroxyl groups is 1. The summed E-state index contributed by atoms with van der Waals surface area (Å²) in [5, 5.41) is 11.8. The Morgan fingerprint density at radius 1 is 1.06 bits per heavy atom. The Morgan fingerprint density at radius 2 is 1.82 bits per heavy atom. The van der Waals surface area contributed by atoms with Gasteiger partial charge in [-0.05, 0) is 87.4 Å². The standard InChI is InChI=1S/C27H25ClN2O4/c1-15(2)34-22-11-8-18(13-17(22)4)25(31)23-24(20-7-5-6-12-29-20)30(27(33)26(23)32)21-10-9-19(28)14-16(21)3/h5-15,24,31H,1-4H3/b25-23+. The van der Waals surface area contributed by atoms with Gasteiger partial charge in [0.1, 0.15) is 17.6 Å². The molecule has 1 aliphatic heterocycles. The maximum atomic E-state index is 13.3. The van der Waals surface area contributed by atoms with Crippen molar-refractivity contribution in [1.29, 1.82) is 0 Å². The highest BCUT2D eigenvalue weighted by Crippen LogP contribution is 2.43. The molecule has 1 aromatic heterocycles. The molecule has 0 spiro atoms. The number of nitrogens with zero attached hydrogens (tertiary/aromatic N) is 2. The third kappa shape index (κ3) is 4.29. The number of anilines is 1. The molecule has 174 valence electrons. The highest BCUT2D eigenvalue weighted by atomic mass is 35.5. The zero-order chi connectivity index (χ0) is 24.6. The molecule has 6 nitrogen and oxygen atoms in total. The minimum Gasteiger partial charge on any atom is -0.507 e. The molecule has 1 N–H and O–H groups in total. The number of rotatable bonds is 5. The summed E-state index contributed by atoms with van der Waals surface area (Å²) in [5.41, 5.74) is 2.92. The van der Waals surface area contributed by atoms with Crippen LogP contribution in [0.5, 0.6) is 5.75 Å². The van der Waals surface area contributed by atoms with Gasteiger partial charge in [-0.3, -0.25) is 19.5 Å². The van der Waals surface area contributed by atoms with Gasteiger partial charge in [0, 0.05) is 22.5 Å². The molecular weight excluding hydrogens is 452 g/mol. The van der Waals surface area contributed by atoms with Crippen LogP contribution in [0.25, 0.3) is 5.76 Å². The summed E-state index contributed by atoms with van der Waals surface area (Å²) >= 11 is 6.12. The van der Waals surface area contributed by atoms with Crippen LogP contribution in [0.15, 0.2) is 66.4 Å². The van der Waals surface area contributed by atoms with Gasteiger partial charge in [-0.2, -0.15) is 0 Å². The van der Waals surface area contributed by atoms with Crippen molar-refractivity contribution in [3.8, 4) is 5.75 Å². The van der Waals surface area contributed by atoms with E-state index >= 15 is 0 Å². The van der Waals surface area contributed by atoms with Crippen molar-refractivity contribution in [3.63, 3.8) is 0 Å². The number of hydrogen-bond donors (Lipinski definition) is 1. The number of benzene rings is 2. The minimum absolute atomic E-state index is 0.00441. The molecule has 3 aromatic rings. The third-order valence-electron chi connectivity index (χ3n) is 5.64. The fourth-order valence-corrected chi connectivity index (χ4v) is 4.35. The quantitative estimate of drug-likeness (QED) is 0.287. The van der Waals surface area contributed by atoms with Crippen molar-refractivity contribution in [3.05, 3.63) is 93.8 Å². The van der Waals surface area contributed by atoms with Crippen molar-refractivity contribution < 1.29 is 19.4 Å². The maximum Gasteiger partial charge on any atom is 0.300 e. The summed E-state index contributed by atoms with van der Waals surface area (Å²) in [4.78, 5) is 32.3. The van der Waals surface area contributed by atoms with Gasteiger partial charge in [-0.25, -0.2) is 0 Å². The number of halogens is 1. The van der Waals surface area contributed by atoms with Crippen molar-refractivity contribution in [1.82, 2.24) is 4.98 Å². The number of pyridine rings is 1. The number of ether oxygens (including phenoxy) is 1. The van der Waals surface area contributed by atoms with Crippen LogP contribution >= 0.6 is 11.6 Å². The number of hydrogen-bond acceptors (Lipinski definition) is 5. The lowest BCUT2D eigenvalue weighted by atomic mass is 9.97. The average Bonchev–Trinajstić information content (AvgIpc) is 3.05. The number of aliphatic hydroxyl groups excluding tert-OH is 1. The summed E-state index contributed by atoms with van der Waals surface area (Å²) in [5.74, 6) is -1.09. The lowest BCUT2D eigenvalue weighted by molar-refractivity contribution is -0.132. The number of amides is 1. The second kappa shape index (κ2) is 9.31. The molecule has 0 aliphatic carbocycles. The van der Waals surface area contributed by atoms with Gasteiger partial charge in [0.05, 0.1) is 17.4 Å². The smallest absolute Gasteiger partial charge is 0.300 e. The van der Waals surface area contributed by atoms with E-state index in [1.807, 2.05) is 27.7 Å². The van der Waals surface area contributed by atoms with Gasteiger partial charge >= 0.3 is 0 Å². The fraction of sp³-hybridized carbons (Fsp3) is 0.222. The minimum atomic E-state index is -0.895. The Morgan fingerprint density at radius 3 is 2.44 bits per heavy atom. The largest absolute Gasteiger partial charge is 0.507 e. The van der Waals surface area contributed by atoms with Crippen LogP contribution in [0.3, 0.4) is 0 Å². The van der Waals surface area contributed by atoms with E-state index in [1.54, 1.807) is 60.8 Å². The van der Waals surface area contributed by atoms with Gasteiger partial charge in [-0.15, -0.1) is 0 Å². The molecule has 0 bridgehead atoms. The van der Waals surface area contributed by atoms with Crippen LogP contribution in [0.1, 0.15) is 42.3 Å². The van der Waals surface area contributed by atoms with E-state index in [9.17, 15) is 14.7 Å². The van der Waals surface area contributed by atoms with E-state index in [0.717, 1.165) is 11.1 Å². The molecule has 1 saturated heterocycles. The predicted octanol–water partition coefficient (Wildman–Crippen LogP) is 5.77. The molecule has 0 saturated carbocycles. The lowest BCUT2D eigenvalue weighted by Gasteiger charge is -2.26. The number of Topliss-reactive ketones (excluding diaryl/α,β-unsaturated/α-hetero) is 1. The Labute approximate surface area is 203 Å². The Kier molecular flexibility index (Phi) is 6.44. The van der Waals surface area contributed by atoms with E-state index in [0.29, 0.717) is 27.7 Å².